The summed E-state index contributed by atoms with van der Waals surface area (Å²) < 4.78 is 9.27. The van der Waals surface area contributed by atoms with Gasteiger partial charge >= 0.3 is 0 Å². The fourth-order valence-electron chi connectivity index (χ4n) is 16.4. The van der Waals surface area contributed by atoms with Gasteiger partial charge in [-0.1, -0.05) is 334 Å². The normalized spacial score (nSPS) is 11.6. The molecule has 6 aromatic heterocycles. The molecule has 0 aliphatic carbocycles. The summed E-state index contributed by atoms with van der Waals surface area (Å²) in [7, 11) is 0. The molecule has 6 heterocycles. The van der Waals surface area contributed by atoms with Crippen LogP contribution in [-0.4, -0.2) is 48.2 Å². The maximum absolute atomic E-state index is 5.38. The van der Waals surface area contributed by atoms with Crippen LogP contribution in [0.25, 0.3) is 201 Å². The van der Waals surface area contributed by atoms with Gasteiger partial charge in [0.25, 0.3) is 0 Å². The molecule has 10 heteroatoms. The zero-order valence-electron chi connectivity index (χ0n) is 60.6. The van der Waals surface area contributed by atoms with Gasteiger partial charge in [0.1, 0.15) is 0 Å². The minimum atomic E-state index is 0.559. The standard InChI is InChI=1S/2C51H33N5/c1-4-16-34(17-5-1)36-20-14-22-38(32-36)49-52-50(39-23-15-21-37(33-39)35-18-6-2-7-19-35)54-51(53-49)56-46-29-13-11-27-42(46)44-31-30-43-41-26-10-12-28-45(41)55(47(43)48(44)56)40-24-8-3-9-25-40;1-4-15-34(16-5-1)36-27-29-37(30-28-36)49-52-50(39-20-14-19-38(33-39)35-17-6-2-7-18-35)54-51(53-49)56-46-26-13-11-24-42(46)44-32-31-43-41-23-10-12-25-45(41)55(47(43)48(44)56)40-21-8-3-9-22-40/h2*1-33H. The predicted octanol–water partition coefficient (Wildman–Crippen LogP) is 25.5. The number of rotatable bonds is 12. The lowest BCUT2D eigenvalue weighted by Gasteiger charge is -2.14. The van der Waals surface area contributed by atoms with Gasteiger partial charge in [-0.3, -0.25) is 9.13 Å². The van der Waals surface area contributed by atoms with Crippen molar-refractivity contribution in [1.82, 2.24) is 48.2 Å². The highest BCUT2D eigenvalue weighted by molar-refractivity contribution is 6.25. The summed E-state index contributed by atoms with van der Waals surface area (Å²) in [5.41, 5.74) is 23.5. The topological polar surface area (TPSA) is 97.1 Å². The third-order valence-corrected chi connectivity index (χ3v) is 21.5. The summed E-state index contributed by atoms with van der Waals surface area (Å²) in [5.74, 6) is 3.55. The van der Waals surface area contributed by atoms with E-state index in [9.17, 15) is 0 Å². The molecule has 0 bridgehead atoms. The van der Waals surface area contributed by atoms with Gasteiger partial charge in [-0.15, -0.1) is 0 Å². The number of nitrogens with zero attached hydrogens (tertiary/aromatic N) is 10. The molecular weight excluding hydrogens is 1370 g/mol. The van der Waals surface area contributed by atoms with E-state index in [1.165, 1.54) is 21.5 Å². The second-order valence-electron chi connectivity index (χ2n) is 28.1. The third-order valence-electron chi connectivity index (χ3n) is 21.5. The van der Waals surface area contributed by atoms with Crippen LogP contribution in [0.3, 0.4) is 0 Å². The van der Waals surface area contributed by atoms with Crippen LogP contribution < -0.4 is 0 Å². The Balaban J connectivity index is 0.000000141. The monoisotopic (exact) mass is 1430 g/mol. The molecule has 22 aromatic rings. The Bertz CT molecular complexity index is 7240. The zero-order chi connectivity index (χ0) is 74.0. The van der Waals surface area contributed by atoms with Crippen LogP contribution in [0.15, 0.2) is 400 Å². The first-order valence-electron chi connectivity index (χ1n) is 37.7. The average Bonchev–Trinajstić information content (AvgIpc) is 1.55. The van der Waals surface area contributed by atoms with Crippen molar-refractivity contribution in [2.45, 2.75) is 0 Å². The summed E-state index contributed by atoms with van der Waals surface area (Å²) in [6, 6.07) is 140. The molecule has 22 rings (SSSR count). The van der Waals surface area contributed by atoms with Crippen LogP contribution in [0.4, 0.5) is 0 Å². The quantitative estimate of drug-likeness (QED) is 0.121. The fourth-order valence-corrected chi connectivity index (χ4v) is 16.4. The maximum atomic E-state index is 5.38. The minimum Gasteiger partial charge on any atom is -0.307 e. The van der Waals surface area contributed by atoms with Crippen LogP contribution in [0, 0.1) is 0 Å². The lowest BCUT2D eigenvalue weighted by molar-refractivity contribution is 0.953. The molecule has 112 heavy (non-hydrogen) atoms. The Labute approximate surface area is 645 Å². The van der Waals surface area contributed by atoms with Crippen LogP contribution >= 0.6 is 0 Å². The second-order valence-corrected chi connectivity index (χ2v) is 28.1. The highest BCUT2D eigenvalue weighted by Crippen LogP contribution is 2.45. The van der Waals surface area contributed by atoms with E-state index in [0.717, 1.165) is 144 Å². The van der Waals surface area contributed by atoms with Crippen molar-refractivity contribution in [3.8, 4) is 113 Å². The van der Waals surface area contributed by atoms with E-state index in [4.69, 9.17) is 29.9 Å². The van der Waals surface area contributed by atoms with Gasteiger partial charge in [0.15, 0.2) is 23.3 Å². The van der Waals surface area contributed by atoms with Crippen LogP contribution in [0.5, 0.6) is 0 Å². The minimum absolute atomic E-state index is 0.559. The number of fused-ring (bicyclic) bond motifs is 14. The largest absolute Gasteiger partial charge is 0.307 e. The Morgan fingerprint density at radius 3 is 0.688 bits per heavy atom. The molecule has 0 atom stereocenters. The summed E-state index contributed by atoms with van der Waals surface area (Å²) in [6.07, 6.45) is 0. The van der Waals surface area contributed by atoms with E-state index < -0.39 is 0 Å². The molecule has 0 unspecified atom stereocenters. The van der Waals surface area contributed by atoms with Gasteiger partial charge in [-0.25, -0.2) is 9.97 Å². The summed E-state index contributed by atoms with van der Waals surface area (Å²) in [5, 5.41) is 9.26. The first-order valence-corrected chi connectivity index (χ1v) is 37.7. The molecular formula is C102H66N10. The zero-order valence-corrected chi connectivity index (χ0v) is 60.6. The number of benzene rings is 16. The second kappa shape index (κ2) is 27.5. The van der Waals surface area contributed by atoms with Gasteiger partial charge < -0.3 is 9.13 Å². The Morgan fingerprint density at radius 2 is 0.366 bits per heavy atom. The SMILES string of the molecule is c1ccc(-c2ccc(-c3nc(-c4cccc(-c5ccccc5)c4)nc(-n4c5ccccc5c5ccc6c7ccccc7n(-c7ccccc7)c6c54)n3)cc2)cc1.c1ccc(-c2cccc(-c3nc(-c4cccc(-c5ccccc5)c4)nc(-n4c5ccccc5c5ccc6c7ccccc7n(-c7ccccc7)c6c54)n3)c2)cc1. The lowest BCUT2D eigenvalue weighted by atomic mass is 10.0. The van der Waals surface area contributed by atoms with E-state index >= 15 is 0 Å². The van der Waals surface area contributed by atoms with Gasteiger partial charge in [0.05, 0.1) is 44.1 Å². The van der Waals surface area contributed by atoms with E-state index in [-0.39, 0.29) is 0 Å². The van der Waals surface area contributed by atoms with Crippen molar-refractivity contribution < 1.29 is 0 Å². The van der Waals surface area contributed by atoms with Crippen molar-refractivity contribution in [3.05, 3.63) is 400 Å². The van der Waals surface area contributed by atoms with Crippen molar-refractivity contribution in [1.29, 1.82) is 0 Å². The van der Waals surface area contributed by atoms with Crippen LogP contribution in [-0.2, 0) is 0 Å². The number of aromatic nitrogens is 10. The van der Waals surface area contributed by atoms with Gasteiger partial charge in [0, 0.05) is 76.7 Å². The molecule has 10 nitrogen and oxygen atoms in total. The molecule has 0 fully saturated rings. The Kier molecular flexibility index (Phi) is 16.0. The van der Waals surface area contributed by atoms with Crippen LogP contribution in [0.2, 0.25) is 0 Å². The molecule has 0 spiro atoms. The number of hydrogen-bond donors (Lipinski definition) is 0. The number of hydrogen-bond acceptors (Lipinski definition) is 6. The van der Waals surface area contributed by atoms with E-state index in [2.05, 4.69) is 394 Å². The van der Waals surface area contributed by atoms with Gasteiger partial charge in [-0.05, 0) is 111 Å². The molecule has 0 saturated carbocycles. The van der Waals surface area contributed by atoms with E-state index in [0.29, 0.717) is 35.2 Å². The summed E-state index contributed by atoms with van der Waals surface area (Å²) in [4.78, 5) is 31.9. The molecule has 524 valence electrons. The maximum Gasteiger partial charge on any atom is 0.238 e. The Morgan fingerprint density at radius 1 is 0.143 bits per heavy atom. The van der Waals surface area contributed by atoms with Crippen molar-refractivity contribution in [2.24, 2.45) is 0 Å². The first kappa shape index (κ1) is 65.1. The molecule has 0 aliphatic rings. The summed E-state index contributed by atoms with van der Waals surface area (Å²) in [6.45, 7) is 0. The van der Waals surface area contributed by atoms with E-state index in [1.807, 2.05) is 24.3 Å². The molecule has 0 amide bonds. The molecule has 0 N–H and O–H groups in total. The van der Waals surface area contributed by atoms with Crippen molar-refractivity contribution in [3.63, 3.8) is 0 Å². The predicted molar refractivity (Wildman–Crippen MR) is 460 cm³/mol. The molecule has 0 saturated heterocycles. The highest BCUT2D eigenvalue weighted by atomic mass is 15.2. The van der Waals surface area contributed by atoms with Crippen molar-refractivity contribution >= 4 is 87.2 Å². The number of para-hydroxylation sites is 6. The van der Waals surface area contributed by atoms with Gasteiger partial charge in [0.2, 0.25) is 11.9 Å². The van der Waals surface area contributed by atoms with Crippen LogP contribution in [0.1, 0.15) is 0 Å². The third kappa shape index (κ3) is 11.4. The molecule has 0 aliphatic heterocycles. The molecule has 16 aromatic carbocycles. The lowest BCUT2D eigenvalue weighted by Crippen LogP contribution is -2.07. The smallest absolute Gasteiger partial charge is 0.238 e. The fraction of sp³-hybridized carbons (Fsp3) is 0. The average molecular weight is 1430 g/mol. The molecule has 0 radical (unpaired) electrons. The van der Waals surface area contributed by atoms with E-state index in [1.54, 1.807) is 0 Å². The van der Waals surface area contributed by atoms with Gasteiger partial charge in [-0.2, -0.15) is 19.9 Å². The first-order chi connectivity index (χ1) is 55.6. The summed E-state index contributed by atoms with van der Waals surface area (Å²) >= 11 is 0. The highest BCUT2D eigenvalue weighted by Gasteiger charge is 2.27. The van der Waals surface area contributed by atoms with Crippen molar-refractivity contribution in [2.75, 3.05) is 0 Å². The Hall–Kier alpha value is -15.3.